The van der Waals surface area contributed by atoms with E-state index < -0.39 is 0 Å². The van der Waals surface area contributed by atoms with Gasteiger partial charge in [0.15, 0.2) is 0 Å². The molecule has 0 aliphatic rings. The lowest BCUT2D eigenvalue weighted by Gasteiger charge is -2.20. The highest BCUT2D eigenvalue weighted by Gasteiger charge is 2.19. The first-order valence-electron chi connectivity index (χ1n) is 6.13. The van der Waals surface area contributed by atoms with Gasteiger partial charge in [-0.2, -0.15) is 5.26 Å². The molecule has 0 aliphatic heterocycles. The van der Waals surface area contributed by atoms with Gasteiger partial charge in [0, 0.05) is 12.7 Å². The number of carbonyl (C=O) groups excluding carboxylic acids is 1. The summed E-state index contributed by atoms with van der Waals surface area (Å²) >= 11 is 11.8. The second-order valence-electron chi connectivity index (χ2n) is 4.29. The van der Waals surface area contributed by atoms with E-state index in [2.05, 4.69) is 4.98 Å². The molecule has 0 atom stereocenters. The minimum Gasteiger partial charge on any atom is -0.321 e. The summed E-state index contributed by atoms with van der Waals surface area (Å²) in [5.74, 6) is -0.352. The van der Waals surface area contributed by atoms with Gasteiger partial charge < -0.3 is 4.90 Å². The molecule has 0 unspecified atom stereocenters. The van der Waals surface area contributed by atoms with Gasteiger partial charge >= 0.3 is 0 Å². The molecule has 0 saturated heterocycles. The first-order chi connectivity index (χ1) is 10.1. The van der Waals surface area contributed by atoms with Crippen LogP contribution in [-0.2, 0) is 6.54 Å². The molecular weight excluding hydrogens is 309 g/mol. The maximum Gasteiger partial charge on any atom is 0.256 e. The molecule has 0 N–H and O–H groups in total. The third-order valence-electron chi connectivity index (χ3n) is 2.82. The third kappa shape index (κ3) is 3.94. The fraction of sp³-hybridized carbons (Fsp3) is 0.133. The van der Waals surface area contributed by atoms with Crippen LogP contribution in [0.25, 0.3) is 0 Å². The number of benzene rings is 1. The molecule has 2 rings (SSSR count). The Balaban J connectivity index is 2.27. The van der Waals surface area contributed by atoms with Gasteiger partial charge in [-0.25, -0.2) is 4.98 Å². The Bertz CT molecular complexity index is 683. The van der Waals surface area contributed by atoms with Gasteiger partial charge in [-0.05, 0) is 11.6 Å². The fourth-order valence-electron chi connectivity index (χ4n) is 1.84. The highest BCUT2D eigenvalue weighted by atomic mass is 35.5. The van der Waals surface area contributed by atoms with Crippen LogP contribution >= 0.6 is 23.2 Å². The van der Waals surface area contributed by atoms with Crippen LogP contribution < -0.4 is 0 Å². The van der Waals surface area contributed by atoms with Crippen LogP contribution in [0.1, 0.15) is 15.9 Å². The van der Waals surface area contributed by atoms with Crippen molar-refractivity contribution in [2.75, 3.05) is 6.54 Å². The number of carbonyl (C=O) groups is 1. The zero-order valence-electron chi connectivity index (χ0n) is 11.0. The van der Waals surface area contributed by atoms with Gasteiger partial charge in [0.05, 0.1) is 16.7 Å². The molecule has 1 heterocycles. The minimum absolute atomic E-state index is 0.0377. The number of amides is 1. The zero-order valence-corrected chi connectivity index (χ0v) is 12.5. The van der Waals surface area contributed by atoms with Gasteiger partial charge in [0.2, 0.25) is 0 Å². The van der Waals surface area contributed by atoms with Crippen LogP contribution in [-0.4, -0.2) is 22.3 Å². The molecule has 1 aromatic heterocycles. The minimum atomic E-state index is -0.352. The first kappa shape index (κ1) is 15.3. The van der Waals surface area contributed by atoms with Crippen molar-refractivity contribution in [3.63, 3.8) is 0 Å². The van der Waals surface area contributed by atoms with Crippen molar-refractivity contribution >= 4 is 29.1 Å². The zero-order chi connectivity index (χ0) is 15.2. The number of hydrogen-bond acceptors (Lipinski definition) is 3. The molecule has 0 bridgehead atoms. The van der Waals surface area contributed by atoms with E-state index in [-0.39, 0.29) is 28.2 Å². The average Bonchev–Trinajstić information content (AvgIpc) is 2.49. The van der Waals surface area contributed by atoms with Crippen molar-refractivity contribution in [3.8, 4) is 6.07 Å². The Labute approximate surface area is 132 Å². The second-order valence-corrected chi connectivity index (χ2v) is 5.09. The first-order valence-corrected chi connectivity index (χ1v) is 6.88. The fourth-order valence-corrected chi connectivity index (χ4v) is 2.18. The molecule has 0 aliphatic carbocycles. The summed E-state index contributed by atoms with van der Waals surface area (Å²) in [6.07, 6.45) is 1.32. The number of halogens is 2. The highest BCUT2D eigenvalue weighted by molar-refractivity contribution is 6.35. The lowest BCUT2D eigenvalue weighted by molar-refractivity contribution is 0.0765. The maximum absolute atomic E-state index is 12.5. The standard InChI is InChI=1S/C15H11Cl2N3O/c16-13-9-19-14(17)8-12(13)15(21)20(7-6-18)10-11-4-2-1-3-5-11/h1-5,8-9H,7,10H2. The van der Waals surface area contributed by atoms with Crippen LogP contribution in [0.2, 0.25) is 10.2 Å². The lowest BCUT2D eigenvalue weighted by Crippen LogP contribution is -2.31. The Morgan fingerprint density at radius 3 is 2.67 bits per heavy atom. The average molecular weight is 320 g/mol. The van der Waals surface area contributed by atoms with Crippen molar-refractivity contribution in [1.29, 1.82) is 5.26 Å². The summed E-state index contributed by atoms with van der Waals surface area (Å²) < 4.78 is 0. The smallest absolute Gasteiger partial charge is 0.256 e. The van der Waals surface area contributed by atoms with E-state index in [0.717, 1.165) is 5.56 Å². The number of pyridine rings is 1. The van der Waals surface area contributed by atoms with Gasteiger partial charge in [-0.1, -0.05) is 53.5 Å². The maximum atomic E-state index is 12.5. The van der Waals surface area contributed by atoms with E-state index in [9.17, 15) is 4.79 Å². The summed E-state index contributed by atoms with van der Waals surface area (Å²) in [5.41, 5.74) is 1.17. The van der Waals surface area contributed by atoms with Crippen molar-refractivity contribution in [2.45, 2.75) is 6.54 Å². The summed E-state index contributed by atoms with van der Waals surface area (Å²) in [6, 6.07) is 12.8. The van der Waals surface area contributed by atoms with E-state index in [0.29, 0.717) is 6.54 Å². The summed E-state index contributed by atoms with van der Waals surface area (Å²) in [4.78, 5) is 17.7. The van der Waals surface area contributed by atoms with Crippen molar-refractivity contribution in [1.82, 2.24) is 9.88 Å². The van der Waals surface area contributed by atoms with Gasteiger partial charge in [0.1, 0.15) is 11.7 Å². The van der Waals surface area contributed by atoms with E-state index in [1.807, 2.05) is 36.4 Å². The summed E-state index contributed by atoms with van der Waals surface area (Å²) in [6.45, 7) is 0.285. The molecule has 0 saturated carbocycles. The number of aromatic nitrogens is 1. The third-order valence-corrected chi connectivity index (χ3v) is 3.33. The predicted octanol–water partition coefficient (Wildman–Crippen LogP) is 3.55. The number of rotatable bonds is 4. The van der Waals surface area contributed by atoms with Crippen molar-refractivity contribution in [3.05, 3.63) is 63.9 Å². The molecule has 106 valence electrons. The van der Waals surface area contributed by atoms with E-state index >= 15 is 0 Å². The summed E-state index contributed by atoms with van der Waals surface area (Å²) in [7, 11) is 0. The van der Waals surface area contributed by atoms with Crippen LogP contribution in [0.4, 0.5) is 0 Å². The molecule has 21 heavy (non-hydrogen) atoms. The Hall–Kier alpha value is -2.09. The molecule has 0 spiro atoms. The highest BCUT2D eigenvalue weighted by Crippen LogP contribution is 2.20. The van der Waals surface area contributed by atoms with Crippen LogP contribution in [0.3, 0.4) is 0 Å². The molecule has 1 aromatic carbocycles. The lowest BCUT2D eigenvalue weighted by atomic mass is 10.2. The molecule has 0 radical (unpaired) electrons. The molecule has 6 heteroatoms. The predicted molar refractivity (Wildman–Crippen MR) is 81.1 cm³/mol. The van der Waals surface area contributed by atoms with Crippen molar-refractivity contribution < 1.29 is 4.79 Å². The SMILES string of the molecule is N#CCN(Cc1ccccc1)C(=O)c1cc(Cl)ncc1Cl. The number of hydrogen-bond donors (Lipinski definition) is 0. The van der Waals surface area contributed by atoms with E-state index in [1.54, 1.807) is 0 Å². The van der Waals surface area contributed by atoms with Crippen LogP contribution in [0.15, 0.2) is 42.6 Å². The normalized spacial score (nSPS) is 9.95. The van der Waals surface area contributed by atoms with Crippen molar-refractivity contribution in [2.24, 2.45) is 0 Å². The Kier molecular flexibility index (Phi) is 5.15. The molecular formula is C15H11Cl2N3O. The Morgan fingerprint density at radius 2 is 2.00 bits per heavy atom. The molecule has 0 fully saturated rings. The van der Waals surface area contributed by atoms with Crippen LogP contribution in [0, 0.1) is 11.3 Å². The van der Waals surface area contributed by atoms with Crippen LogP contribution in [0.5, 0.6) is 0 Å². The second kappa shape index (κ2) is 7.07. The number of nitrogens with zero attached hydrogens (tertiary/aromatic N) is 3. The monoisotopic (exact) mass is 319 g/mol. The quantitative estimate of drug-likeness (QED) is 0.639. The molecule has 2 aromatic rings. The van der Waals surface area contributed by atoms with Gasteiger partial charge in [-0.15, -0.1) is 0 Å². The molecule has 1 amide bonds. The van der Waals surface area contributed by atoms with E-state index in [1.165, 1.54) is 17.2 Å². The summed E-state index contributed by atoms with van der Waals surface area (Å²) in [5, 5.41) is 9.31. The molecule has 4 nitrogen and oxygen atoms in total. The van der Waals surface area contributed by atoms with E-state index in [4.69, 9.17) is 28.5 Å². The topological polar surface area (TPSA) is 57.0 Å². The van der Waals surface area contributed by atoms with Gasteiger partial charge in [-0.3, -0.25) is 4.79 Å². The Morgan fingerprint density at radius 1 is 1.29 bits per heavy atom. The van der Waals surface area contributed by atoms with Gasteiger partial charge in [0.25, 0.3) is 5.91 Å². The number of nitriles is 1. The largest absolute Gasteiger partial charge is 0.321 e.